The molecule has 0 unspecified atom stereocenters. The normalized spacial score (nSPS) is 11.1. The van der Waals surface area contributed by atoms with E-state index in [1.54, 1.807) is 12.1 Å². The van der Waals surface area contributed by atoms with Crippen molar-refractivity contribution in [2.45, 2.75) is 4.90 Å². The molecule has 2 N–H and O–H groups in total. The Morgan fingerprint density at radius 1 is 1.19 bits per heavy atom. The van der Waals surface area contributed by atoms with Gasteiger partial charge in [-0.15, -0.1) is 0 Å². The lowest BCUT2D eigenvalue weighted by Crippen LogP contribution is -2.33. The molecule has 0 saturated carbocycles. The van der Waals surface area contributed by atoms with Crippen LogP contribution in [0.3, 0.4) is 0 Å². The van der Waals surface area contributed by atoms with E-state index in [0.717, 1.165) is 4.31 Å². The first-order chi connectivity index (χ1) is 12.8. The molecule has 2 rings (SSSR count). The molecule has 0 fully saturated rings. The van der Waals surface area contributed by atoms with Gasteiger partial charge in [0.15, 0.2) is 11.6 Å². The van der Waals surface area contributed by atoms with E-state index >= 15 is 0 Å². The van der Waals surface area contributed by atoms with Gasteiger partial charge in [0.05, 0.1) is 18.6 Å². The summed E-state index contributed by atoms with van der Waals surface area (Å²) < 4.78 is 30.4. The van der Waals surface area contributed by atoms with E-state index in [4.69, 9.17) is 4.74 Å². The average molecular weight is 392 g/mol. The number of carbonyl (C=O) groups excluding carboxylic acids is 2. The van der Waals surface area contributed by atoms with Crippen LogP contribution in [0.5, 0.6) is 5.75 Å². The third kappa shape index (κ3) is 5.02. The lowest BCUT2D eigenvalue weighted by atomic mass is 10.2. The number of amides is 2. The van der Waals surface area contributed by atoms with Crippen molar-refractivity contribution in [3.8, 4) is 5.75 Å². The van der Waals surface area contributed by atoms with E-state index in [1.807, 2.05) is 0 Å². The molecule has 27 heavy (non-hydrogen) atoms. The van der Waals surface area contributed by atoms with Crippen molar-refractivity contribution in [3.05, 3.63) is 48.2 Å². The number of rotatable bonds is 7. The molecule has 0 bridgehead atoms. The maximum atomic E-state index is 12.2. The van der Waals surface area contributed by atoms with Gasteiger partial charge in [0.1, 0.15) is 0 Å². The van der Waals surface area contributed by atoms with Gasteiger partial charge in [-0.2, -0.15) is 0 Å². The first-order valence-corrected chi connectivity index (χ1v) is 9.29. The largest absolute Gasteiger partial charge is 0.493 e. The number of hydrogen-bond acceptors (Lipinski definition) is 6. The second-order valence-electron chi connectivity index (χ2n) is 5.60. The fourth-order valence-corrected chi connectivity index (χ4v) is 3.04. The van der Waals surface area contributed by atoms with Crippen LogP contribution in [0.2, 0.25) is 0 Å². The predicted octanol–water partition coefficient (Wildman–Crippen LogP) is 0.709. The molecule has 1 aromatic heterocycles. The highest BCUT2D eigenvalue weighted by atomic mass is 32.2. The minimum Gasteiger partial charge on any atom is -0.493 e. The van der Waals surface area contributed by atoms with Crippen molar-refractivity contribution in [2.75, 3.05) is 33.1 Å². The van der Waals surface area contributed by atoms with E-state index in [-0.39, 0.29) is 22.8 Å². The second-order valence-corrected chi connectivity index (χ2v) is 7.75. The smallest absolute Gasteiger partial charge is 0.251 e. The summed E-state index contributed by atoms with van der Waals surface area (Å²) in [5, 5.41) is 4.96. The molecule has 0 saturated heterocycles. The Balaban J connectivity index is 2.03. The zero-order valence-corrected chi connectivity index (χ0v) is 15.9. The van der Waals surface area contributed by atoms with E-state index in [0.29, 0.717) is 5.75 Å². The fourth-order valence-electron chi connectivity index (χ4n) is 2.10. The van der Waals surface area contributed by atoms with Crippen LogP contribution in [0.1, 0.15) is 10.4 Å². The summed E-state index contributed by atoms with van der Waals surface area (Å²) in [6, 6.07) is 8.87. The van der Waals surface area contributed by atoms with Crippen molar-refractivity contribution in [1.29, 1.82) is 0 Å². The molecule has 0 spiro atoms. The lowest BCUT2D eigenvalue weighted by molar-refractivity contribution is -0.115. The monoisotopic (exact) mass is 392 g/mol. The Bertz CT molecular complexity index is 944. The van der Waals surface area contributed by atoms with Crippen LogP contribution in [0.15, 0.2) is 47.5 Å². The molecule has 1 aromatic carbocycles. The van der Waals surface area contributed by atoms with Gasteiger partial charge < -0.3 is 15.4 Å². The van der Waals surface area contributed by atoms with Gasteiger partial charge in [-0.05, 0) is 30.3 Å². The van der Waals surface area contributed by atoms with Crippen LogP contribution in [0.25, 0.3) is 0 Å². The molecule has 1 heterocycles. The number of methoxy groups -OCH3 is 1. The molecule has 0 radical (unpaired) electrons. The van der Waals surface area contributed by atoms with Crippen molar-refractivity contribution < 1.29 is 22.7 Å². The molecule has 0 atom stereocenters. The Morgan fingerprint density at radius 2 is 1.93 bits per heavy atom. The van der Waals surface area contributed by atoms with Gasteiger partial charge in [0.2, 0.25) is 15.9 Å². The average Bonchev–Trinajstić information content (AvgIpc) is 2.66. The number of ether oxygens (including phenoxy) is 1. The highest BCUT2D eigenvalue weighted by Gasteiger charge is 2.19. The number of anilines is 1. The van der Waals surface area contributed by atoms with Gasteiger partial charge in [-0.3, -0.25) is 9.59 Å². The summed E-state index contributed by atoms with van der Waals surface area (Å²) >= 11 is 0. The number of nitrogens with zero attached hydrogens (tertiary/aromatic N) is 2. The van der Waals surface area contributed by atoms with Crippen LogP contribution in [-0.2, 0) is 14.8 Å². The molecule has 0 aliphatic carbocycles. The molecular formula is C17H20N4O5S. The van der Waals surface area contributed by atoms with E-state index in [1.165, 1.54) is 51.7 Å². The standard InChI is InChI=1S/C17H20N4O5S/c1-21(2)27(24,25)13-7-4-6-12(10-13)17(23)19-11-15(22)20-16-14(26-3)8-5-9-18-16/h4-10H,11H2,1-3H3,(H,19,23)(H,18,20,22). The van der Waals surface area contributed by atoms with Gasteiger partial charge >= 0.3 is 0 Å². The lowest BCUT2D eigenvalue weighted by Gasteiger charge is -2.12. The SMILES string of the molecule is COc1cccnc1NC(=O)CNC(=O)c1cccc(S(=O)(=O)N(C)C)c1. The summed E-state index contributed by atoms with van der Waals surface area (Å²) in [5.41, 5.74) is 0.126. The number of hydrogen-bond donors (Lipinski definition) is 2. The number of carbonyl (C=O) groups is 2. The van der Waals surface area contributed by atoms with Crippen LogP contribution < -0.4 is 15.4 Å². The number of nitrogens with one attached hydrogen (secondary N) is 2. The number of benzene rings is 1. The van der Waals surface area contributed by atoms with Crippen LogP contribution in [0, 0.1) is 0 Å². The molecule has 2 amide bonds. The maximum Gasteiger partial charge on any atom is 0.251 e. The van der Waals surface area contributed by atoms with Crippen molar-refractivity contribution in [3.63, 3.8) is 0 Å². The van der Waals surface area contributed by atoms with Gasteiger partial charge in [0, 0.05) is 25.9 Å². The van der Waals surface area contributed by atoms with Gasteiger partial charge in [0.25, 0.3) is 5.91 Å². The molecule has 0 aliphatic rings. The fraction of sp³-hybridized carbons (Fsp3) is 0.235. The number of sulfonamides is 1. The quantitative estimate of drug-likeness (QED) is 0.717. The third-order valence-electron chi connectivity index (χ3n) is 3.53. The first-order valence-electron chi connectivity index (χ1n) is 7.85. The molecule has 9 nitrogen and oxygen atoms in total. The minimum atomic E-state index is -3.66. The van der Waals surface area contributed by atoms with Gasteiger partial charge in [-0.25, -0.2) is 17.7 Å². The topological polar surface area (TPSA) is 118 Å². The Kier molecular flexibility index (Phi) is 6.48. The number of aromatic nitrogens is 1. The molecule has 10 heteroatoms. The maximum absolute atomic E-state index is 12.2. The summed E-state index contributed by atoms with van der Waals surface area (Å²) in [5.74, 6) is -0.455. The van der Waals surface area contributed by atoms with E-state index in [2.05, 4.69) is 15.6 Å². The molecule has 2 aromatic rings. The Hall–Kier alpha value is -2.98. The van der Waals surface area contributed by atoms with E-state index in [9.17, 15) is 18.0 Å². The van der Waals surface area contributed by atoms with Crippen molar-refractivity contribution in [2.24, 2.45) is 0 Å². The third-order valence-corrected chi connectivity index (χ3v) is 5.34. The summed E-state index contributed by atoms with van der Waals surface area (Å²) in [6.45, 7) is -0.316. The van der Waals surface area contributed by atoms with Crippen LogP contribution >= 0.6 is 0 Å². The second kappa shape index (κ2) is 8.60. The zero-order valence-electron chi connectivity index (χ0n) is 15.1. The molecule has 0 aliphatic heterocycles. The summed E-state index contributed by atoms with van der Waals surface area (Å²) in [7, 11) is 0.589. The Labute approximate surface area is 157 Å². The van der Waals surface area contributed by atoms with Crippen molar-refractivity contribution >= 4 is 27.7 Å². The zero-order chi connectivity index (χ0) is 20.0. The number of pyridine rings is 1. The minimum absolute atomic E-state index is 0.0113. The van der Waals surface area contributed by atoms with Crippen LogP contribution in [-0.4, -0.2) is 57.3 Å². The predicted molar refractivity (Wildman–Crippen MR) is 99.1 cm³/mol. The van der Waals surface area contributed by atoms with Crippen molar-refractivity contribution in [1.82, 2.24) is 14.6 Å². The molecule has 144 valence electrons. The van der Waals surface area contributed by atoms with E-state index < -0.39 is 21.8 Å². The van der Waals surface area contributed by atoms with Crippen LogP contribution in [0.4, 0.5) is 5.82 Å². The molecular weight excluding hydrogens is 372 g/mol. The summed E-state index contributed by atoms with van der Waals surface area (Å²) in [4.78, 5) is 28.2. The van der Waals surface area contributed by atoms with Gasteiger partial charge in [-0.1, -0.05) is 6.07 Å². The summed E-state index contributed by atoms with van der Waals surface area (Å²) in [6.07, 6.45) is 1.49. The first kappa shape index (κ1) is 20.3. The highest BCUT2D eigenvalue weighted by molar-refractivity contribution is 7.89. The Morgan fingerprint density at radius 3 is 2.59 bits per heavy atom. The highest BCUT2D eigenvalue weighted by Crippen LogP contribution is 2.19.